The van der Waals surface area contributed by atoms with E-state index < -0.39 is 0 Å². The molecule has 1 fully saturated rings. The zero-order valence-electron chi connectivity index (χ0n) is 17.8. The SMILES string of the molecule is CCOc1cc(/C=C2\SC(=O)N(Cc3ccc4ccccc4c3)C2=O)cc(Cl)c1OCC. The number of halogens is 1. The smallest absolute Gasteiger partial charge is 0.293 e. The van der Waals surface area contributed by atoms with Crippen molar-refractivity contribution in [3.8, 4) is 11.5 Å². The van der Waals surface area contributed by atoms with Gasteiger partial charge >= 0.3 is 0 Å². The summed E-state index contributed by atoms with van der Waals surface area (Å²) in [6, 6.07) is 17.4. The monoisotopic (exact) mass is 467 g/mol. The largest absolute Gasteiger partial charge is 0.490 e. The van der Waals surface area contributed by atoms with Crippen LogP contribution in [0.3, 0.4) is 0 Å². The normalized spacial score (nSPS) is 15.1. The number of imide groups is 1. The molecule has 32 heavy (non-hydrogen) atoms. The van der Waals surface area contributed by atoms with Crippen molar-refractivity contribution in [2.45, 2.75) is 20.4 Å². The van der Waals surface area contributed by atoms with Crippen molar-refractivity contribution in [2.24, 2.45) is 0 Å². The summed E-state index contributed by atoms with van der Waals surface area (Å²) in [6.45, 7) is 4.86. The van der Waals surface area contributed by atoms with Gasteiger partial charge in [0.25, 0.3) is 11.1 Å². The predicted octanol–water partition coefficient (Wildman–Crippen LogP) is 6.53. The molecule has 1 saturated heterocycles. The van der Waals surface area contributed by atoms with E-state index in [-0.39, 0.29) is 17.7 Å². The molecule has 3 aromatic rings. The molecule has 1 heterocycles. The van der Waals surface area contributed by atoms with Crippen LogP contribution in [0.15, 0.2) is 59.5 Å². The first-order chi connectivity index (χ1) is 15.5. The van der Waals surface area contributed by atoms with Crippen LogP contribution < -0.4 is 9.47 Å². The highest BCUT2D eigenvalue weighted by Crippen LogP contribution is 2.39. The maximum atomic E-state index is 13.0. The molecule has 0 bridgehead atoms. The number of rotatable bonds is 7. The van der Waals surface area contributed by atoms with Crippen molar-refractivity contribution in [1.82, 2.24) is 4.90 Å². The van der Waals surface area contributed by atoms with Crippen LogP contribution in [0.1, 0.15) is 25.0 Å². The maximum Gasteiger partial charge on any atom is 0.293 e. The van der Waals surface area contributed by atoms with Crippen molar-refractivity contribution in [2.75, 3.05) is 13.2 Å². The second kappa shape index (κ2) is 9.67. The van der Waals surface area contributed by atoms with Gasteiger partial charge in [-0.1, -0.05) is 48.0 Å². The fraction of sp³-hybridized carbons (Fsp3) is 0.200. The van der Waals surface area contributed by atoms with Crippen molar-refractivity contribution in [3.63, 3.8) is 0 Å². The third-order valence-electron chi connectivity index (χ3n) is 4.95. The number of carbonyl (C=O) groups excluding carboxylic acids is 2. The number of hydrogen-bond donors (Lipinski definition) is 0. The molecule has 0 radical (unpaired) electrons. The van der Waals surface area contributed by atoms with E-state index in [0.717, 1.165) is 28.1 Å². The lowest BCUT2D eigenvalue weighted by atomic mass is 10.1. The van der Waals surface area contributed by atoms with Crippen LogP contribution >= 0.6 is 23.4 Å². The van der Waals surface area contributed by atoms with Crippen molar-refractivity contribution in [1.29, 1.82) is 0 Å². The van der Waals surface area contributed by atoms with E-state index in [2.05, 4.69) is 0 Å². The molecular weight excluding hydrogens is 446 g/mol. The zero-order chi connectivity index (χ0) is 22.7. The van der Waals surface area contributed by atoms with Gasteiger partial charge in [0, 0.05) is 0 Å². The second-order valence-electron chi connectivity index (χ2n) is 7.15. The molecule has 0 unspecified atom stereocenters. The minimum absolute atomic E-state index is 0.223. The van der Waals surface area contributed by atoms with Gasteiger partial charge in [-0.3, -0.25) is 14.5 Å². The number of hydrogen-bond acceptors (Lipinski definition) is 5. The number of amides is 2. The molecular formula is C25H22ClNO4S. The van der Waals surface area contributed by atoms with E-state index in [0.29, 0.717) is 40.2 Å². The Bertz CT molecular complexity index is 1220. The summed E-state index contributed by atoms with van der Waals surface area (Å²) in [4.78, 5) is 27.2. The summed E-state index contributed by atoms with van der Waals surface area (Å²) < 4.78 is 11.2. The van der Waals surface area contributed by atoms with Crippen LogP contribution in [0, 0.1) is 0 Å². The molecule has 164 valence electrons. The minimum atomic E-state index is -0.323. The average Bonchev–Trinajstić information content (AvgIpc) is 3.03. The van der Waals surface area contributed by atoms with Crippen molar-refractivity contribution < 1.29 is 19.1 Å². The van der Waals surface area contributed by atoms with Gasteiger partial charge in [0.05, 0.1) is 29.7 Å². The highest BCUT2D eigenvalue weighted by molar-refractivity contribution is 8.18. The molecule has 4 rings (SSSR count). The summed E-state index contributed by atoms with van der Waals surface area (Å²) in [5.74, 6) is 0.650. The Kier molecular flexibility index (Phi) is 6.72. The van der Waals surface area contributed by atoms with Crippen LogP contribution in [-0.4, -0.2) is 29.3 Å². The van der Waals surface area contributed by atoms with Crippen LogP contribution in [0.25, 0.3) is 16.8 Å². The number of carbonyl (C=O) groups is 2. The fourth-order valence-electron chi connectivity index (χ4n) is 3.53. The number of nitrogens with zero attached hydrogens (tertiary/aromatic N) is 1. The Morgan fingerprint density at radius 3 is 2.47 bits per heavy atom. The minimum Gasteiger partial charge on any atom is -0.490 e. The van der Waals surface area contributed by atoms with Gasteiger partial charge in [-0.05, 0) is 71.8 Å². The van der Waals surface area contributed by atoms with Crippen LogP contribution in [-0.2, 0) is 11.3 Å². The average molecular weight is 468 g/mol. The zero-order valence-corrected chi connectivity index (χ0v) is 19.3. The summed E-state index contributed by atoms with van der Waals surface area (Å²) >= 11 is 7.30. The van der Waals surface area contributed by atoms with Crippen molar-refractivity contribution >= 4 is 51.4 Å². The molecule has 0 saturated carbocycles. The lowest BCUT2D eigenvalue weighted by molar-refractivity contribution is -0.123. The van der Waals surface area contributed by atoms with E-state index >= 15 is 0 Å². The fourth-order valence-corrected chi connectivity index (χ4v) is 4.64. The Morgan fingerprint density at radius 2 is 1.72 bits per heavy atom. The topological polar surface area (TPSA) is 55.8 Å². The van der Waals surface area contributed by atoms with Crippen molar-refractivity contribution in [3.05, 3.63) is 75.7 Å². The predicted molar refractivity (Wildman–Crippen MR) is 129 cm³/mol. The standard InChI is InChI=1S/C25H22ClNO4S/c1-3-30-21-13-17(12-20(26)23(21)31-4-2)14-22-24(28)27(25(29)32-22)15-16-9-10-18-7-5-6-8-19(18)11-16/h5-14H,3-4,15H2,1-2H3/b22-14-. The molecule has 2 amide bonds. The van der Waals surface area contributed by atoms with Gasteiger partial charge in [-0.25, -0.2) is 0 Å². The number of ether oxygens (including phenoxy) is 2. The van der Waals surface area contributed by atoms with E-state index in [1.54, 1.807) is 18.2 Å². The summed E-state index contributed by atoms with van der Waals surface area (Å²) in [5, 5.41) is 2.28. The van der Waals surface area contributed by atoms with Gasteiger partial charge in [0.2, 0.25) is 0 Å². The third-order valence-corrected chi connectivity index (χ3v) is 6.13. The molecule has 3 aromatic carbocycles. The molecule has 1 aliphatic rings. The van der Waals surface area contributed by atoms with E-state index in [1.807, 2.05) is 56.3 Å². The first kappa shape index (κ1) is 22.2. The highest BCUT2D eigenvalue weighted by Gasteiger charge is 2.35. The highest BCUT2D eigenvalue weighted by atomic mass is 35.5. The molecule has 0 atom stereocenters. The van der Waals surface area contributed by atoms with Gasteiger partial charge < -0.3 is 9.47 Å². The van der Waals surface area contributed by atoms with Crippen LogP contribution in [0.4, 0.5) is 4.79 Å². The van der Waals surface area contributed by atoms with Crippen LogP contribution in [0.2, 0.25) is 5.02 Å². The van der Waals surface area contributed by atoms with E-state index in [1.165, 1.54) is 4.90 Å². The van der Waals surface area contributed by atoms with Gasteiger partial charge in [-0.2, -0.15) is 0 Å². The first-order valence-electron chi connectivity index (χ1n) is 10.3. The van der Waals surface area contributed by atoms with E-state index in [9.17, 15) is 9.59 Å². The van der Waals surface area contributed by atoms with Gasteiger partial charge in [0.15, 0.2) is 11.5 Å². The van der Waals surface area contributed by atoms with Crippen LogP contribution in [0.5, 0.6) is 11.5 Å². The molecule has 0 spiro atoms. The molecule has 7 heteroatoms. The second-order valence-corrected chi connectivity index (χ2v) is 8.55. The Morgan fingerprint density at radius 1 is 0.969 bits per heavy atom. The van der Waals surface area contributed by atoms with E-state index in [4.69, 9.17) is 21.1 Å². The lowest BCUT2D eigenvalue weighted by Gasteiger charge is -2.14. The maximum absolute atomic E-state index is 13.0. The Balaban J connectivity index is 1.59. The summed E-state index contributed by atoms with van der Waals surface area (Å²) in [6.07, 6.45) is 1.66. The number of benzene rings is 3. The lowest BCUT2D eigenvalue weighted by Crippen LogP contribution is -2.27. The molecule has 5 nitrogen and oxygen atoms in total. The molecule has 0 N–H and O–H groups in total. The summed E-state index contributed by atoms with van der Waals surface area (Å²) in [7, 11) is 0. The third kappa shape index (κ3) is 4.61. The Hall–Kier alpha value is -2.96. The first-order valence-corrected chi connectivity index (χ1v) is 11.5. The number of fused-ring (bicyclic) bond motifs is 1. The molecule has 0 aromatic heterocycles. The number of thioether (sulfide) groups is 1. The van der Waals surface area contributed by atoms with Gasteiger partial charge in [0.1, 0.15) is 0 Å². The molecule has 0 aliphatic carbocycles. The summed E-state index contributed by atoms with van der Waals surface area (Å²) in [5.41, 5.74) is 1.56. The Labute approximate surface area is 195 Å². The molecule has 1 aliphatic heterocycles. The quantitative estimate of drug-likeness (QED) is 0.370. The van der Waals surface area contributed by atoms with Gasteiger partial charge in [-0.15, -0.1) is 0 Å².